The zero-order valence-corrected chi connectivity index (χ0v) is 25.7. The van der Waals surface area contributed by atoms with Gasteiger partial charge in [0.05, 0.1) is 30.2 Å². The fourth-order valence-corrected chi connectivity index (χ4v) is 9.27. The molecule has 230 valence electrons. The van der Waals surface area contributed by atoms with E-state index >= 15 is 0 Å². The summed E-state index contributed by atoms with van der Waals surface area (Å²) in [4.78, 5) is 5.86. The van der Waals surface area contributed by atoms with Gasteiger partial charge < -0.3 is 10.0 Å². The van der Waals surface area contributed by atoms with Gasteiger partial charge in [0, 0.05) is 31.5 Å². The highest BCUT2D eigenvalue weighted by Gasteiger charge is 2.51. The molecule has 2 aromatic heterocycles. The molecule has 0 unspecified atom stereocenters. The van der Waals surface area contributed by atoms with Crippen LogP contribution in [0.2, 0.25) is 0 Å². The minimum Gasteiger partial charge on any atom is -0.376 e. The van der Waals surface area contributed by atoms with E-state index in [1.54, 1.807) is 42.3 Å². The van der Waals surface area contributed by atoms with E-state index in [0.29, 0.717) is 18.3 Å². The van der Waals surface area contributed by atoms with Crippen LogP contribution in [0.3, 0.4) is 0 Å². The molecule has 1 saturated heterocycles. The Hall–Kier alpha value is -2.72. The predicted molar refractivity (Wildman–Crippen MR) is 156 cm³/mol. The van der Waals surface area contributed by atoms with Gasteiger partial charge >= 0.3 is 6.18 Å². The zero-order valence-electron chi connectivity index (χ0n) is 23.3. The van der Waals surface area contributed by atoms with E-state index in [-0.39, 0.29) is 47.6 Å². The van der Waals surface area contributed by atoms with Crippen molar-refractivity contribution in [1.82, 2.24) is 9.29 Å². The molecule has 3 heterocycles. The number of halogens is 3. The number of alkyl halides is 3. The first-order valence-electron chi connectivity index (χ1n) is 13.1. The first-order chi connectivity index (χ1) is 19.5. The van der Waals surface area contributed by atoms with Crippen LogP contribution in [0.15, 0.2) is 70.5 Å². The Kier molecular flexibility index (Phi) is 9.28. The summed E-state index contributed by atoms with van der Waals surface area (Å²) in [6.45, 7) is 4.23. The summed E-state index contributed by atoms with van der Waals surface area (Å²) in [7, 11) is -7.74. The Balaban J connectivity index is 1.74. The van der Waals surface area contributed by atoms with Crippen LogP contribution in [0.4, 0.5) is 24.5 Å². The quantitative estimate of drug-likeness (QED) is 0.350. The Morgan fingerprint density at radius 2 is 1.76 bits per heavy atom. The third kappa shape index (κ3) is 6.75. The minimum absolute atomic E-state index is 0.0732. The molecule has 0 radical (unpaired) electrons. The molecule has 0 spiro atoms. The normalized spacial score (nSPS) is 18.7. The molecule has 0 amide bonds. The zero-order chi connectivity index (χ0) is 30.9. The molecule has 1 aromatic carbocycles. The molecule has 15 heteroatoms. The summed E-state index contributed by atoms with van der Waals surface area (Å²) in [5.41, 5.74) is -2.65. The molecule has 1 aliphatic rings. The van der Waals surface area contributed by atoms with Crippen molar-refractivity contribution in [2.75, 3.05) is 41.1 Å². The van der Waals surface area contributed by atoms with Gasteiger partial charge in [0.1, 0.15) is 4.21 Å². The number of sulfonamides is 2. The molecular weight excluding hydrogens is 614 g/mol. The van der Waals surface area contributed by atoms with Crippen molar-refractivity contribution < 1.29 is 35.1 Å². The largest absolute Gasteiger partial charge is 0.421 e. The molecule has 9 nitrogen and oxygen atoms in total. The summed E-state index contributed by atoms with van der Waals surface area (Å²) < 4.78 is 97.0. The lowest BCUT2D eigenvalue weighted by atomic mass is 9.95. The second-order valence-corrected chi connectivity index (χ2v) is 15.7. The van der Waals surface area contributed by atoms with E-state index in [0.717, 1.165) is 11.3 Å². The Bertz CT molecular complexity index is 1550. The standard InChI is InChI=1S/C27H33F3N4O5S3/c1-20(2)19-41(36,37)34(23-6-4-12-31-16-23)18-24-17-32(42(38,39)25-7-5-15-40-25)13-14-33(24)22-10-8-21(9-11-22)26(3,35)27(28,29)30/h4-12,15-16,20,24,35H,13-14,17-19H2,1-3H3/t24-,26+/m1/s1. The monoisotopic (exact) mass is 646 g/mol. The van der Waals surface area contributed by atoms with Crippen LogP contribution in [0.25, 0.3) is 0 Å². The summed E-state index contributed by atoms with van der Waals surface area (Å²) in [6.07, 6.45) is -1.97. The fraction of sp³-hybridized carbons (Fsp3) is 0.444. The van der Waals surface area contributed by atoms with Crippen molar-refractivity contribution >= 4 is 42.8 Å². The van der Waals surface area contributed by atoms with Gasteiger partial charge in [-0.05, 0) is 54.1 Å². The predicted octanol–water partition coefficient (Wildman–Crippen LogP) is 4.28. The molecule has 4 rings (SSSR count). The van der Waals surface area contributed by atoms with Crippen LogP contribution in [-0.2, 0) is 25.6 Å². The number of hydrogen-bond donors (Lipinski definition) is 1. The number of pyridine rings is 1. The SMILES string of the molecule is CC(C)CS(=O)(=O)N(C[C@H]1CN(S(=O)(=O)c2cccs2)CCN1c1ccc([C@](C)(O)C(F)(F)F)cc1)c1cccnc1. The number of aromatic nitrogens is 1. The van der Waals surface area contributed by atoms with Crippen molar-refractivity contribution in [1.29, 1.82) is 0 Å². The molecule has 0 saturated carbocycles. The van der Waals surface area contributed by atoms with E-state index in [2.05, 4.69) is 4.98 Å². The van der Waals surface area contributed by atoms with Crippen LogP contribution in [0, 0.1) is 5.92 Å². The maximum Gasteiger partial charge on any atom is 0.421 e. The maximum atomic E-state index is 13.6. The number of nitrogens with zero attached hydrogens (tertiary/aromatic N) is 4. The highest BCUT2D eigenvalue weighted by atomic mass is 32.2. The third-order valence-corrected chi connectivity index (χ3v) is 12.4. The minimum atomic E-state index is -4.90. The number of hydrogen-bond acceptors (Lipinski definition) is 8. The lowest BCUT2D eigenvalue weighted by Crippen LogP contribution is -2.59. The summed E-state index contributed by atoms with van der Waals surface area (Å²) in [5, 5.41) is 11.8. The second kappa shape index (κ2) is 12.1. The summed E-state index contributed by atoms with van der Waals surface area (Å²) >= 11 is 1.08. The molecule has 1 aliphatic heterocycles. The van der Waals surface area contributed by atoms with Crippen molar-refractivity contribution in [2.45, 2.75) is 42.8 Å². The molecule has 0 aliphatic carbocycles. The molecule has 3 aromatic rings. The van der Waals surface area contributed by atoms with Gasteiger partial charge in [-0.3, -0.25) is 9.29 Å². The first kappa shape index (κ1) is 32.2. The van der Waals surface area contributed by atoms with Crippen LogP contribution in [0.5, 0.6) is 0 Å². The Labute approximate surface area is 248 Å². The highest BCUT2D eigenvalue weighted by Crippen LogP contribution is 2.39. The van der Waals surface area contributed by atoms with Gasteiger partial charge in [0.15, 0.2) is 5.60 Å². The lowest BCUT2D eigenvalue weighted by molar-refractivity contribution is -0.258. The van der Waals surface area contributed by atoms with Gasteiger partial charge in [-0.25, -0.2) is 16.8 Å². The molecule has 1 N–H and O–H groups in total. The Morgan fingerprint density at radius 3 is 2.31 bits per heavy atom. The van der Waals surface area contributed by atoms with Gasteiger partial charge in [-0.2, -0.15) is 17.5 Å². The second-order valence-electron chi connectivity index (χ2n) is 10.7. The topological polar surface area (TPSA) is 111 Å². The number of benzene rings is 1. The molecular formula is C27H33F3N4O5S3. The number of thiophene rings is 1. The van der Waals surface area contributed by atoms with E-state index in [1.807, 2.05) is 0 Å². The first-order valence-corrected chi connectivity index (χ1v) is 17.1. The molecule has 1 fully saturated rings. The molecule has 42 heavy (non-hydrogen) atoms. The summed E-state index contributed by atoms with van der Waals surface area (Å²) in [5.74, 6) is -0.353. The Morgan fingerprint density at radius 1 is 1.07 bits per heavy atom. The van der Waals surface area contributed by atoms with Gasteiger partial charge in [-0.15, -0.1) is 11.3 Å². The lowest BCUT2D eigenvalue weighted by Gasteiger charge is -2.44. The average Bonchev–Trinajstić information content (AvgIpc) is 3.47. The van der Waals surface area contributed by atoms with Gasteiger partial charge in [-0.1, -0.05) is 32.0 Å². The number of piperazine rings is 1. The van der Waals surface area contributed by atoms with Crippen LogP contribution in [0.1, 0.15) is 26.3 Å². The van der Waals surface area contributed by atoms with E-state index in [1.165, 1.54) is 51.3 Å². The number of anilines is 2. The summed E-state index contributed by atoms with van der Waals surface area (Å²) in [6, 6.07) is 10.8. The fourth-order valence-electron chi connectivity index (χ4n) is 4.80. The van der Waals surface area contributed by atoms with Crippen molar-refractivity contribution in [3.63, 3.8) is 0 Å². The van der Waals surface area contributed by atoms with E-state index in [9.17, 15) is 35.1 Å². The van der Waals surface area contributed by atoms with Crippen LogP contribution in [-0.4, -0.2) is 75.4 Å². The average molecular weight is 647 g/mol. The highest BCUT2D eigenvalue weighted by molar-refractivity contribution is 7.92. The van der Waals surface area contributed by atoms with E-state index in [4.69, 9.17) is 0 Å². The van der Waals surface area contributed by atoms with Crippen molar-refractivity contribution in [3.05, 3.63) is 71.9 Å². The van der Waals surface area contributed by atoms with Gasteiger partial charge in [0.25, 0.3) is 10.0 Å². The molecule has 2 atom stereocenters. The van der Waals surface area contributed by atoms with Crippen LogP contribution >= 0.6 is 11.3 Å². The van der Waals surface area contributed by atoms with Gasteiger partial charge in [0.2, 0.25) is 10.0 Å². The third-order valence-electron chi connectivity index (χ3n) is 7.04. The molecule has 0 bridgehead atoms. The number of aliphatic hydroxyl groups is 1. The number of rotatable bonds is 10. The van der Waals surface area contributed by atoms with Crippen molar-refractivity contribution in [2.24, 2.45) is 5.92 Å². The van der Waals surface area contributed by atoms with Crippen molar-refractivity contribution in [3.8, 4) is 0 Å². The maximum absolute atomic E-state index is 13.6. The van der Waals surface area contributed by atoms with E-state index < -0.39 is 37.9 Å². The smallest absolute Gasteiger partial charge is 0.376 e. The van der Waals surface area contributed by atoms with Crippen LogP contribution < -0.4 is 9.21 Å².